The molecule has 6 heteroatoms. The molecule has 0 fully saturated rings. The molecule has 0 amide bonds. The molecule has 0 saturated carbocycles. The third kappa shape index (κ3) is 17.5. The van der Waals surface area contributed by atoms with Crippen LogP contribution in [0.25, 0.3) is 43.8 Å². The Bertz CT molecular complexity index is 2100. The molecule has 6 aromatic carbocycles. The SMILES string of the molecule is CC1=[C-]C(C)C(C)=C1C.CC1=[C-]C(C)C(C)=C1C.C[Si]C.C[Si]C.Cc1cc2c(-c3ccccc3)cccc2[cH-]1.Cc1cc2c(-c3ccccc3)cccc2[cH-]1.[Cl-].[Cl-].[Zr+3].[Zr+3]. The van der Waals surface area contributed by atoms with E-state index in [1.165, 1.54) is 88.4 Å². The van der Waals surface area contributed by atoms with Crippen LogP contribution in [0, 0.1) is 37.8 Å². The first-order chi connectivity index (χ1) is 26.8. The van der Waals surface area contributed by atoms with Gasteiger partial charge in [-0.2, -0.15) is 34.4 Å². The zero-order valence-electron chi connectivity index (χ0n) is 38.5. The zero-order chi connectivity index (χ0) is 41.4. The fraction of sp³-hybridized carbons (Fsp3) is 0.296. The van der Waals surface area contributed by atoms with Crippen LogP contribution in [0.15, 0.2) is 155 Å². The normalized spacial score (nSPS) is 14.5. The number of aryl methyl sites for hydroxylation is 2. The second-order valence-corrected chi connectivity index (χ2v) is 17.0. The Morgan fingerprint density at radius 3 is 0.983 bits per heavy atom. The van der Waals surface area contributed by atoms with Crippen molar-refractivity contribution in [2.24, 2.45) is 11.8 Å². The van der Waals surface area contributed by atoms with E-state index in [1.807, 2.05) is 0 Å². The van der Waals surface area contributed by atoms with Gasteiger partial charge in [0.2, 0.25) is 0 Å². The Hall–Kier alpha value is -2.16. The van der Waals surface area contributed by atoms with Crippen LogP contribution < -0.4 is 24.8 Å². The quantitative estimate of drug-likeness (QED) is 0.120. The van der Waals surface area contributed by atoms with Crippen molar-refractivity contribution in [2.45, 2.75) is 95.4 Å². The van der Waals surface area contributed by atoms with Gasteiger partial charge >= 0.3 is 52.4 Å². The molecule has 6 radical (unpaired) electrons. The molecule has 0 saturated heterocycles. The molecule has 0 heterocycles. The van der Waals surface area contributed by atoms with Gasteiger partial charge in [0.1, 0.15) is 0 Å². The van der Waals surface area contributed by atoms with Crippen LogP contribution in [-0.2, 0) is 52.4 Å². The Balaban J connectivity index is 0. The number of allylic oxidation sites excluding steroid dienone is 8. The van der Waals surface area contributed by atoms with Crippen LogP contribution in [0.2, 0.25) is 26.2 Å². The number of rotatable bonds is 2. The first kappa shape index (κ1) is 59.9. The Labute approximate surface area is 421 Å². The first-order valence-corrected chi connectivity index (χ1v) is 23.9. The van der Waals surface area contributed by atoms with Gasteiger partial charge in [-0.25, -0.2) is 11.1 Å². The summed E-state index contributed by atoms with van der Waals surface area (Å²) in [5, 5.41) is 5.37. The molecule has 310 valence electrons. The van der Waals surface area contributed by atoms with Crippen molar-refractivity contribution in [1.29, 1.82) is 0 Å². The minimum Gasteiger partial charge on any atom is -1.00 e. The summed E-state index contributed by atoms with van der Waals surface area (Å²) in [6.07, 6.45) is 6.72. The summed E-state index contributed by atoms with van der Waals surface area (Å²) < 4.78 is 0. The van der Waals surface area contributed by atoms with Crippen LogP contribution in [0.3, 0.4) is 0 Å². The number of hydrogen-bond donors (Lipinski definition) is 0. The Morgan fingerprint density at radius 1 is 0.450 bits per heavy atom. The fourth-order valence-corrected chi connectivity index (χ4v) is 6.83. The van der Waals surface area contributed by atoms with E-state index < -0.39 is 0 Å². The van der Waals surface area contributed by atoms with Gasteiger partial charge in [0.25, 0.3) is 0 Å². The average molecular weight is 1020 g/mol. The summed E-state index contributed by atoms with van der Waals surface area (Å²) in [4.78, 5) is 0. The molecular formula is C54H64Cl2Si2Zr2. The number of fused-ring (bicyclic) bond motifs is 2. The van der Waals surface area contributed by atoms with Crippen LogP contribution in [0.4, 0.5) is 0 Å². The van der Waals surface area contributed by atoms with Crippen molar-refractivity contribution in [2.75, 3.05) is 0 Å². The molecule has 0 spiro atoms. The molecule has 0 N–H and O–H groups in total. The molecule has 0 aromatic heterocycles. The van der Waals surface area contributed by atoms with Crippen LogP contribution in [0.1, 0.15) is 66.5 Å². The Morgan fingerprint density at radius 2 is 0.750 bits per heavy atom. The second kappa shape index (κ2) is 30.8. The number of benzene rings is 4. The van der Waals surface area contributed by atoms with Crippen molar-refractivity contribution < 1.29 is 77.2 Å². The van der Waals surface area contributed by atoms with E-state index in [4.69, 9.17) is 0 Å². The summed E-state index contributed by atoms with van der Waals surface area (Å²) in [5.74, 6) is 1.12. The third-order valence-electron chi connectivity index (χ3n) is 10.4. The molecule has 8 rings (SSSR count). The predicted molar refractivity (Wildman–Crippen MR) is 254 cm³/mol. The van der Waals surface area contributed by atoms with Gasteiger partial charge < -0.3 is 24.8 Å². The van der Waals surface area contributed by atoms with Crippen molar-refractivity contribution in [3.8, 4) is 22.3 Å². The third-order valence-corrected chi connectivity index (χ3v) is 10.4. The van der Waals surface area contributed by atoms with Crippen molar-refractivity contribution in [3.05, 3.63) is 178 Å². The standard InChI is InChI=1S/2C16H13.2C9H13.2C2H6Si.2ClH.2Zr/c2*1-12-10-14-8-5-9-15(16(14)11-12)13-6-3-2-4-7-13;2*1-6-5-7(2)9(4)8(6)3;2*1-3-2;;;;/h2*2-11H,1H3;2*6H,1-4H3;2*1-2H3;2*1H;;/q4*-1;;;;;2*+3/p-2. The predicted octanol–water partition coefficient (Wildman–Crippen LogP) is 10.1. The summed E-state index contributed by atoms with van der Waals surface area (Å²) in [6.45, 7) is 30.2. The van der Waals surface area contributed by atoms with Crippen molar-refractivity contribution >= 4 is 40.6 Å². The van der Waals surface area contributed by atoms with Crippen LogP contribution in [-0.4, -0.2) is 19.0 Å². The van der Waals surface area contributed by atoms with Gasteiger partial charge in [0, 0.05) is 19.0 Å². The molecule has 2 aliphatic rings. The monoisotopic (exact) mass is 1020 g/mol. The topological polar surface area (TPSA) is 0 Å². The summed E-state index contributed by atoms with van der Waals surface area (Å²) in [7, 11) is 2.17. The van der Waals surface area contributed by atoms with E-state index in [-0.39, 0.29) is 77.2 Å². The summed E-state index contributed by atoms with van der Waals surface area (Å²) in [5.41, 5.74) is 16.4. The van der Waals surface area contributed by atoms with E-state index in [1.54, 1.807) is 0 Å². The van der Waals surface area contributed by atoms with Gasteiger partial charge in [-0.1, -0.05) is 177 Å². The smallest absolute Gasteiger partial charge is 1.00 e. The largest absolute Gasteiger partial charge is 3.00 e. The van der Waals surface area contributed by atoms with E-state index in [0.717, 1.165) is 19.0 Å². The van der Waals surface area contributed by atoms with E-state index >= 15 is 0 Å². The average Bonchev–Trinajstić information content (AvgIpc) is 3.90. The van der Waals surface area contributed by atoms with E-state index in [9.17, 15) is 0 Å². The number of hydrogen-bond acceptors (Lipinski definition) is 0. The zero-order valence-corrected chi connectivity index (χ0v) is 46.9. The molecular weight excluding hydrogens is 958 g/mol. The molecule has 2 unspecified atom stereocenters. The molecule has 2 aliphatic carbocycles. The minimum absolute atomic E-state index is 0. The maximum atomic E-state index is 3.36. The first-order valence-electron chi connectivity index (χ1n) is 19.9. The van der Waals surface area contributed by atoms with Gasteiger partial charge in [0.05, 0.1) is 0 Å². The molecule has 60 heavy (non-hydrogen) atoms. The van der Waals surface area contributed by atoms with Crippen LogP contribution in [0.5, 0.6) is 0 Å². The van der Waals surface area contributed by atoms with Crippen LogP contribution >= 0.6 is 0 Å². The maximum Gasteiger partial charge on any atom is 3.00 e. The Kier molecular flexibility index (Phi) is 30.8. The fourth-order valence-electron chi connectivity index (χ4n) is 6.83. The van der Waals surface area contributed by atoms with E-state index in [0.29, 0.717) is 11.8 Å². The number of halogens is 2. The minimum atomic E-state index is 0. The molecule has 2 atom stereocenters. The van der Waals surface area contributed by atoms with Crippen molar-refractivity contribution in [1.82, 2.24) is 0 Å². The summed E-state index contributed by atoms with van der Waals surface area (Å²) >= 11 is 0. The molecule has 0 nitrogen and oxygen atoms in total. The van der Waals surface area contributed by atoms with Gasteiger partial charge in [-0.15, -0.1) is 82.9 Å². The second-order valence-electron chi connectivity index (χ2n) is 15.0. The summed E-state index contributed by atoms with van der Waals surface area (Å²) in [6, 6.07) is 43.1. The van der Waals surface area contributed by atoms with Crippen molar-refractivity contribution in [3.63, 3.8) is 0 Å². The van der Waals surface area contributed by atoms with Gasteiger partial charge in [0.15, 0.2) is 0 Å². The van der Waals surface area contributed by atoms with Gasteiger partial charge in [-0.05, 0) is 11.1 Å². The van der Waals surface area contributed by atoms with Gasteiger partial charge in [-0.3, -0.25) is 12.2 Å². The maximum absolute atomic E-state index is 3.36. The molecule has 0 bridgehead atoms. The molecule has 6 aromatic rings. The molecule has 0 aliphatic heterocycles. The van der Waals surface area contributed by atoms with E-state index in [2.05, 4.69) is 229 Å².